The van der Waals surface area contributed by atoms with Crippen LogP contribution in [0.1, 0.15) is 13.3 Å². The second-order valence-electron chi connectivity index (χ2n) is 3.85. The molecule has 17 heavy (non-hydrogen) atoms. The van der Waals surface area contributed by atoms with Gasteiger partial charge in [-0.1, -0.05) is 23.7 Å². The molecule has 1 rings (SSSR count). The molecular weight excluding hydrogens is 256 g/mol. The maximum Gasteiger partial charge on any atom is 0.234 e. The Morgan fingerprint density at radius 2 is 2.24 bits per heavy atom. The zero-order valence-corrected chi connectivity index (χ0v) is 11.4. The van der Waals surface area contributed by atoms with Crippen LogP contribution in [0.4, 0.5) is 5.69 Å². The highest BCUT2D eigenvalue weighted by Crippen LogP contribution is 2.20. The number of nitrogens with two attached hydrogens (primary N) is 1. The quantitative estimate of drug-likeness (QED) is 0.783. The van der Waals surface area contributed by atoms with Crippen molar-refractivity contribution in [3.05, 3.63) is 29.3 Å². The van der Waals surface area contributed by atoms with Crippen LogP contribution in [0.25, 0.3) is 0 Å². The van der Waals surface area contributed by atoms with Crippen molar-refractivity contribution in [2.24, 2.45) is 5.73 Å². The highest BCUT2D eigenvalue weighted by atomic mass is 35.5. The van der Waals surface area contributed by atoms with Gasteiger partial charge in [0, 0.05) is 6.04 Å². The summed E-state index contributed by atoms with van der Waals surface area (Å²) in [5.74, 6) is 1.29. The Hall–Kier alpha value is -0.710. The Labute approximate surface area is 111 Å². The molecule has 0 spiro atoms. The van der Waals surface area contributed by atoms with Gasteiger partial charge < -0.3 is 11.1 Å². The number of benzene rings is 1. The third kappa shape index (κ3) is 5.96. The first-order valence-corrected chi connectivity index (χ1v) is 7.00. The smallest absolute Gasteiger partial charge is 0.234 e. The summed E-state index contributed by atoms with van der Waals surface area (Å²) in [4.78, 5) is 11.6. The second kappa shape index (κ2) is 7.58. The molecule has 0 fully saturated rings. The van der Waals surface area contributed by atoms with Gasteiger partial charge in [0.25, 0.3) is 0 Å². The molecule has 0 heterocycles. The number of amides is 1. The number of nitrogens with one attached hydrogen (secondary N) is 1. The molecule has 3 N–H and O–H groups in total. The molecule has 1 atom stereocenters. The fraction of sp³-hybridized carbons (Fsp3) is 0.417. The summed E-state index contributed by atoms with van der Waals surface area (Å²) in [5.41, 5.74) is 6.28. The Balaban J connectivity index is 2.28. The number of anilines is 1. The largest absolute Gasteiger partial charge is 0.328 e. The van der Waals surface area contributed by atoms with Crippen molar-refractivity contribution in [1.82, 2.24) is 0 Å². The van der Waals surface area contributed by atoms with Gasteiger partial charge in [0.2, 0.25) is 5.91 Å². The molecule has 94 valence electrons. The van der Waals surface area contributed by atoms with Crippen LogP contribution in [-0.4, -0.2) is 23.5 Å². The van der Waals surface area contributed by atoms with Gasteiger partial charge in [-0.05, 0) is 31.2 Å². The van der Waals surface area contributed by atoms with Crippen LogP contribution >= 0.6 is 23.4 Å². The van der Waals surface area contributed by atoms with Crippen LogP contribution in [0.2, 0.25) is 5.02 Å². The predicted molar refractivity (Wildman–Crippen MR) is 75.7 cm³/mol. The lowest BCUT2D eigenvalue weighted by Crippen LogP contribution is -2.17. The number of carbonyl (C=O) groups is 1. The summed E-state index contributed by atoms with van der Waals surface area (Å²) in [6.45, 7) is 1.96. The van der Waals surface area contributed by atoms with E-state index in [4.69, 9.17) is 17.3 Å². The molecule has 0 bridgehead atoms. The Bertz CT molecular complexity index is 371. The summed E-state index contributed by atoms with van der Waals surface area (Å²) in [7, 11) is 0. The maximum atomic E-state index is 11.6. The number of carbonyl (C=O) groups excluding carboxylic acids is 1. The average molecular weight is 273 g/mol. The summed E-state index contributed by atoms with van der Waals surface area (Å²) in [5, 5.41) is 3.33. The van der Waals surface area contributed by atoms with E-state index in [1.165, 1.54) is 0 Å². The molecule has 5 heteroatoms. The van der Waals surface area contributed by atoms with Crippen molar-refractivity contribution in [3.63, 3.8) is 0 Å². The molecule has 1 unspecified atom stereocenters. The molecule has 0 aromatic heterocycles. The molecule has 0 radical (unpaired) electrons. The minimum atomic E-state index is -0.0345. The first kappa shape index (κ1) is 14.4. The normalized spacial score (nSPS) is 12.2. The molecule has 0 aliphatic carbocycles. The van der Waals surface area contributed by atoms with E-state index in [0.717, 1.165) is 12.2 Å². The summed E-state index contributed by atoms with van der Waals surface area (Å²) in [6.07, 6.45) is 0.921. The number of rotatable bonds is 6. The summed E-state index contributed by atoms with van der Waals surface area (Å²) < 4.78 is 0. The first-order chi connectivity index (χ1) is 8.09. The van der Waals surface area contributed by atoms with Gasteiger partial charge >= 0.3 is 0 Å². The lowest BCUT2D eigenvalue weighted by atomic mass is 10.3. The third-order valence-electron chi connectivity index (χ3n) is 2.10. The molecule has 3 nitrogen and oxygen atoms in total. The van der Waals surface area contributed by atoms with Gasteiger partial charge in [-0.25, -0.2) is 0 Å². The third-order valence-corrected chi connectivity index (χ3v) is 3.42. The van der Waals surface area contributed by atoms with Crippen molar-refractivity contribution in [3.8, 4) is 0 Å². The number of para-hydroxylation sites is 1. The van der Waals surface area contributed by atoms with E-state index < -0.39 is 0 Å². The topological polar surface area (TPSA) is 55.1 Å². The molecule has 0 aliphatic rings. The lowest BCUT2D eigenvalue weighted by Gasteiger charge is -2.07. The fourth-order valence-electron chi connectivity index (χ4n) is 1.18. The van der Waals surface area contributed by atoms with Crippen LogP contribution < -0.4 is 11.1 Å². The van der Waals surface area contributed by atoms with Crippen molar-refractivity contribution >= 4 is 35.0 Å². The first-order valence-electron chi connectivity index (χ1n) is 5.47. The average Bonchev–Trinajstić information content (AvgIpc) is 2.27. The molecular formula is C12H17ClN2OS. The van der Waals surface area contributed by atoms with E-state index in [1.807, 2.05) is 19.1 Å². The monoisotopic (exact) mass is 272 g/mol. The van der Waals surface area contributed by atoms with Crippen LogP contribution in [0.15, 0.2) is 24.3 Å². The highest BCUT2D eigenvalue weighted by molar-refractivity contribution is 7.99. The van der Waals surface area contributed by atoms with Crippen molar-refractivity contribution < 1.29 is 4.79 Å². The highest BCUT2D eigenvalue weighted by Gasteiger charge is 2.05. The Morgan fingerprint density at radius 3 is 2.88 bits per heavy atom. The van der Waals surface area contributed by atoms with Gasteiger partial charge in [-0.2, -0.15) is 11.8 Å². The van der Waals surface area contributed by atoms with E-state index in [-0.39, 0.29) is 11.9 Å². The number of halogens is 1. The lowest BCUT2D eigenvalue weighted by molar-refractivity contribution is -0.113. The number of hydrogen-bond acceptors (Lipinski definition) is 3. The Morgan fingerprint density at radius 1 is 1.53 bits per heavy atom. The predicted octanol–water partition coefficient (Wildman–Crippen LogP) is 2.75. The van der Waals surface area contributed by atoms with Crippen molar-refractivity contribution in [2.45, 2.75) is 19.4 Å². The molecule has 1 aromatic rings. The minimum absolute atomic E-state index is 0.0345. The molecule has 0 saturated heterocycles. The minimum Gasteiger partial charge on any atom is -0.328 e. The summed E-state index contributed by atoms with van der Waals surface area (Å²) >= 11 is 7.51. The van der Waals surface area contributed by atoms with Gasteiger partial charge in [-0.3, -0.25) is 4.79 Å². The van der Waals surface area contributed by atoms with Gasteiger partial charge in [-0.15, -0.1) is 0 Å². The Kier molecular flexibility index (Phi) is 6.40. The number of thioether (sulfide) groups is 1. The zero-order chi connectivity index (χ0) is 12.7. The molecule has 0 aliphatic heterocycles. The number of hydrogen-bond donors (Lipinski definition) is 2. The molecule has 0 saturated carbocycles. The van der Waals surface area contributed by atoms with Gasteiger partial charge in [0.15, 0.2) is 0 Å². The standard InChI is InChI=1S/C12H17ClN2OS/c1-9(14)6-7-17-8-12(16)15-11-5-3-2-4-10(11)13/h2-5,9H,6-8,14H2,1H3,(H,15,16). The molecule has 1 aromatic carbocycles. The van der Waals surface area contributed by atoms with Crippen molar-refractivity contribution in [1.29, 1.82) is 0 Å². The van der Waals surface area contributed by atoms with E-state index in [9.17, 15) is 4.79 Å². The van der Waals surface area contributed by atoms with E-state index in [0.29, 0.717) is 16.5 Å². The van der Waals surface area contributed by atoms with Gasteiger partial charge in [0.05, 0.1) is 16.5 Å². The van der Waals surface area contributed by atoms with E-state index in [2.05, 4.69) is 5.32 Å². The molecule has 1 amide bonds. The second-order valence-corrected chi connectivity index (χ2v) is 5.36. The van der Waals surface area contributed by atoms with Gasteiger partial charge in [0.1, 0.15) is 0 Å². The SMILES string of the molecule is CC(N)CCSCC(=O)Nc1ccccc1Cl. The fourth-order valence-corrected chi connectivity index (χ4v) is 2.31. The summed E-state index contributed by atoms with van der Waals surface area (Å²) in [6, 6.07) is 7.39. The van der Waals surface area contributed by atoms with Crippen LogP contribution in [-0.2, 0) is 4.79 Å². The van der Waals surface area contributed by atoms with Crippen LogP contribution in [0.5, 0.6) is 0 Å². The van der Waals surface area contributed by atoms with Crippen molar-refractivity contribution in [2.75, 3.05) is 16.8 Å². The van der Waals surface area contributed by atoms with Crippen LogP contribution in [0.3, 0.4) is 0 Å². The zero-order valence-electron chi connectivity index (χ0n) is 9.78. The van der Waals surface area contributed by atoms with E-state index in [1.54, 1.807) is 23.9 Å². The maximum absolute atomic E-state index is 11.6. The van der Waals surface area contributed by atoms with E-state index >= 15 is 0 Å². The van der Waals surface area contributed by atoms with Crippen LogP contribution in [0, 0.1) is 0 Å².